The zero-order valence-electron chi connectivity index (χ0n) is 11.0. The van der Waals surface area contributed by atoms with E-state index in [2.05, 4.69) is 37.2 Å². The van der Waals surface area contributed by atoms with Crippen LogP contribution >= 0.6 is 31.9 Å². The maximum atomic E-state index is 12.0. The summed E-state index contributed by atoms with van der Waals surface area (Å²) in [5, 5.41) is 3.00. The standard InChI is InChI=1S/C13H16Br2F3NO/c1-2-20-12-10(14)6-9(7-11(12)15)8-19-5-3-4-13(16,17)18/h6-7,19H,2-5,8H2,1H3. The highest BCUT2D eigenvalue weighted by Crippen LogP contribution is 2.34. The van der Waals surface area contributed by atoms with E-state index in [0.29, 0.717) is 19.7 Å². The average Bonchev–Trinajstić information content (AvgIpc) is 2.32. The van der Waals surface area contributed by atoms with Gasteiger partial charge in [-0.05, 0) is 69.4 Å². The molecule has 0 radical (unpaired) electrons. The first-order valence-corrected chi connectivity index (χ1v) is 7.80. The summed E-state index contributed by atoms with van der Waals surface area (Å²) in [5.41, 5.74) is 0.971. The molecule has 0 saturated carbocycles. The molecule has 0 aliphatic carbocycles. The van der Waals surface area contributed by atoms with Crippen molar-refractivity contribution in [2.45, 2.75) is 32.5 Å². The molecule has 0 atom stereocenters. The van der Waals surface area contributed by atoms with Gasteiger partial charge in [0.15, 0.2) is 0 Å². The van der Waals surface area contributed by atoms with Crippen molar-refractivity contribution in [3.63, 3.8) is 0 Å². The molecule has 0 spiro atoms. The first-order chi connectivity index (χ1) is 9.33. The Morgan fingerprint density at radius 1 is 1.20 bits per heavy atom. The number of hydrogen-bond acceptors (Lipinski definition) is 2. The number of benzene rings is 1. The van der Waals surface area contributed by atoms with Crippen LogP contribution in [0, 0.1) is 0 Å². The predicted molar refractivity (Wildman–Crippen MR) is 80.0 cm³/mol. The van der Waals surface area contributed by atoms with Gasteiger partial charge in [-0.25, -0.2) is 0 Å². The largest absolute Gasteiger partial charge is 0.492 e. The van der Waals surface area contributed by atoms with Crippen LogP contribution in [0.1, 0.15) is 25.3 Å². The van der Waals surface area contributed by atoms with Gasteiger partial charge in [-0.15, -0.1) is 0 Å². The molecule has 0 aromatic heterocycles. The van der Waals surface area contributed by atoms with E-state index in [1.165, 1.54) is 0 Å². The third-order valence-electron chi connectivity index (χ3n) is 2.49. The van der Waals surface area contributed by atoms with Gasteiger partial charge < -0.3 is 10.1 Å². The second-order valence-electron chi connectivity index (χ2n) is 4.22. The quantitative estimate of drug-likeness (QED) is 0.626. The predicted octanol–water partition coefficient (Wildman–Crippen LogP) is 5.04. The smallest absolute Gasteiger partial charge is 0.389 e. The molecule has 0 fully saturated rings. The highest BCUT2D eigenvalue weighted by molar-refractivity contribution is 9.11. The summed E-state index contributed by atoms with van der Waals surface area (Å²) in [4.78, 5) is 0. The molecule has 0 saturated heterocycles. The number of hydrogen-bond donors (Lipinski definition) is 1. The van der Waals surface area contributed by atoms with Gasteiger partial charge in [0.1, 0.15) is 5.75 Å². The Hall–Kier alpha value is -0.270. The molecule has 114 valence electrons. The molecule has 1 aromatic carbocycles. The summed E-state index contributed by atoms with van der Waals surface area (Å²) in [5.74, 6) is 0.730. The molecule has 0 aliphatic heterocycles. The van der Waals surface area contributed by atoms with Crippen molar-refractivity contribution in [2.24, 2.45) is 0 Å². The van der Waals surface area contributed by atoms with E-state index >= 15 is 0 Å². The van der Waals surface area contributed by atoms with Crippen LogP contribution in [0.3, 0.4) is 0 Å². The lowest BCUT2D eigenvalue weighted by Crippen LogP contribution is -2.17. The molecule has 0 bridgehead atoms. The van der Waals surface area contributed by atoms with E-state index in [9.17, 15) is 13.2 Å². The fraction of sp³-hybridized carbons (Fsp3) is 0.538. The minimum atomic E-state index is -4.08. The topological polar surface area (TPSA) is 21.3 Å². The Kier molecular flexibility index (Phi) is 7.33. The number of rotatable bonds is 7. The Bertz CT molecular complexity index is 415. The molecule has 2 nitrogen and oxygen atoms in total. The maximum Gasteiger partial charge on any atom is 0.389 e. The molecule has 0 heterocycles. The van der Waals surface area contributed by atoms with Crippen LogP contribution in [0.15, 0.2) is 21.1 Å². The van der Waals surface area contributed by atoms with Gasteiger partial charge in [0.05, 0.1) is 15.6 Å². The van der Waals surface area contributed by atoms with E-state index in [0.717, 1.165) is 20.3 Å². The lowest BCUT2D eigenvalue weighted by Gasteiger charge is -2.12. The summed E-state index contributed by atoms with van der Waals surface area (Å²) < 4.78 is 43.0. The highest BCUT2D eigenvalue weighted by atomic mass is 79.9. The molecular formula is C13H16Br2F3NO. The fourth-order valence-corrected chi connectivity index (χ4v) is 3.15. The molecule has 20 heavy (non-hydrogen) atoms. The van der Waals surface area contributed by atoms with Gasteiger partial charge >= 0.3 is 6.18 Å². The molecule has 1 rings (SSSR count). The maximum absolute atomic E-state index is 12.0. The molecule has 1 aromatic rings. The second-order valence-corrected chi connectivity index (χ2v) is 5.93. The van der Waals surface area contributed by atoms with Crippen molar-refractivity contribution in [3.05, 3.63) is 26.6 Å². The Morgan fingerprint density at radius 2 is 1.80 bits per heavy atom. The van der Waals surface area contributed by atoms with Crippen LogP contribution < -0.4 is 10.1 Å². The third kappa shape index (κ3) is 6.45. The number of halogens is 5. The normalized spacial score (nSPS) is 11.7. The summed E-state index contributed by atoms with van der Waals surface area (Å²) in [6, 6.07) is 3.79. The zero-order chi connectivity index (χ0) is 15.2. The molecular weight excluding hydrogens is 403 g/mol. The highest BCUT2D eigenvalue weighted by Gasteiger charge is 2.25. The molecule has 0 aliphatic rings. The zero-order valence-corrected chi connectivity index (χ0v) is 14.2. The summed E-state index contributed by atoms with van der Waals surface area (Å²) in [6.45, 7) is 3.31. The van der Waals surface area contributed by atoms with Crippen LogP contribution in [0.5, 0.6) is 5.75 Å². The van der Waals surface area contributed by atoms with Crippen molar-refractivity contribution in [2.75, 3.05) is 13.2 Å². The number of ether oxygens (including phenoxy) is 1. The molecule has 0 amide bonds. The van der Waals surface area contributed by atoms with Gasteiger partial charge in [-0.2, -0.15) is 13.2 Å². The Labute approximate surface area is 133 Å². The van der Waals surface area contributed by atoms with Crippen molar-refractivity contribution >= 4 is 31.9 Å². The third-order valence-corrected chi connectivity index (χ3v) is 3.67. The van der Waals surface area contributed by atoms with Crippen LogP contribution in [0.25, 0.3) is 0 Å². The van der Waals surface area contributed by atoms with Gasteiger partial charge in [0, 0.05) is 13.0 Å². The number of nitrogens with one attached hydrogen (secondary N) is 1. The van der Waals surface area contributed by atoms with E-state index in [1.807, 2.05) is 19.1 Å². The first-order valence-electron chi connectivity index (χ1n) is 6.21. The van der Waals surface area contributed by atoms with E-state index < -0.39 is 12.6 Å². The van der Waals surface area contributed by atoms with Crippen LogP contribution in [-0.2, 0) is 6.54 Å². The minimum Gasteiger partial charge on any atom is -0.492 e. The molecule has 1 N–H and O–H groups in total. The summed E-state index contributed by atoms with van der Waals surface area (Å²) >= 11 is 6.83. The van der Waals surface area contributed by atoms with Crippen molar-refractivity contribution < 1.29 is 17.9 Å². The second kappa shape index (κ2) is 8.24. The Morgan fingerprint density at radius 3 is 2.30 bits per heavy atom. The van der Waals surface area contributed by atoms with Crippen LogP contribution in [-0.4, -0.2) is 19.3 Å². The van der Waals surface area contributed by atoms with Crippen LogP contribution in [0.2, 0.25) is 0 Å². The lowest BCUT2D eigenvalue weighted by atomic mass is 10.2. The van der Waals surface area contributed by atoms with E-state index in [1.54, 1.807) is 0 Å². The lowest BCUT2D eigenvalue weighted by molar-refractivity contribution is -0.135. The molecule has 7 heteroatoms. The van der Waals surface area contributed by atoms with E-state index in [4.69, 9.17) is 4.74 Å². The van der Waals surface area contributed by atoms with Gasteiger partial charge in [-0.3, -0.25) is 0 Å². The fourth-order valence-electron chi connectivity index (χ4n) is 1.64. The van der Waals surface area contributed by atoms with Crippen LogP contribution in [0.4, 0.5) is 13.2 Å². The average molecular weight is 419 g/mol. The monoisotopic (exact) mass is 417 g/mol. The van der Waals surface area contributed by atoms with Crippen molar-refractivity contribution in [1.29, 1.82) is 0 Å². The minimum absolute atomic E-state index is 0.0862. The number of alkyl halides is 3. The van der Waals surface area contributed by atoms with Gasteiger partial charge in [-0.1, -0.05) is 0 Å². The summed E-state index contributed by atoms with van der Waals surface area (Å²) in [7, 11) is 0. The van der Waals surface area contributed by atoms with Crippen molar-refractivity contribution in [3.8, 4) is 5.75 Å². The van der Waals surface area contributed by atoms with Crippen molar-refractivity contribution in [1.82, 2.24) is 5.32 Å². The van der Waals surface area contributed by atoms with E-state index in [-0.39, 0.29) is 6.42 Å². The SMILES string of the molecule is CCOc1c(Br)cc(CNCCCC(F)(F)F)cc1Br. The first kappa shape index (κ1) is 17.8. The van der Waals surface area contributed by atoms with Gasteiger partial charge in [0.2, 0.25) is 0 Å². The summed E-state index contributed by atoms with van der Waals surface area (Å²) in [6.07, 6.45) is -4.74. The Balaban J connectivity index is 2.45. The molecule has 0 unspecified atom stereocenters. The van der Waals surface area contributed by atoms with Gasteiger partial charge in [0.25, 0.3) is 0 Å².